The zero-order valence-corrected chi connectivity index (χ0v) is 16.3. The number of hydrogen-bond donors (Lipinski definition) is 2. The summed E-state index contributed by atoms with van der Waals surface area (Å²) in [4.78, 5) is 35.9. The lowest BCUT2D eigenvalue weighted by molar-refractivity contribution is -0.127. The fourth-order valence-electron chi connectivity index (χ4n) is 2.00. The van der Waals surface area contributed by atoms with Crippen LogP contribution in [0.25, 0.3) is 5.57 Å². The Morgan fingerprint density at radius 1 is 1.14 bits per heavy atom. The minimum atomic E-state index is -0.698. The van der Waals surface area contributed by atoms with Crippen molar-refractivity contribution in [3.05, 3.63) is 55.1 Å². The van der Waals surface area contributed by atoms with Crippen LogP contribution < -0.4 is 15.4 Å². The molecule has 0 aromatic carbocycles. The maximum Gasteiger partial charge on any atom is 0.328 e. The Morgan fingerprint density at radius 2 is 1.82 bits per heavy atom. The van der Waals surface area contributed by atoms with Crippen molar-refractivity contribution in [1.82, 2.24) is 20.3 Å². The number of allylic oxidation sites excluding steroid dienone is 3. The summed E-state index contributed by atoms with van der Waals surface area (Å²) >= 11 is 0. The van der Waals surface area contributed by atoms with Crippen molar-refractivity contribution in [1.29, 1.82) is 0 Å². The topological polar surface area (TPSA) is 106 Å². The molecule has 0 unspecified atom stereocenters. The van der Waals surface area contributed by atoms with E-state index in [1.165, 1.54) is 12.4 Å². The first kappa shape index (κ1) is 20.8. The van der Waals surface area contributed by atoms with E-state index in [1.54, 1.807) is 45.2 Å². The Balaban J connectivity index is 2.02. The van der Waals surface area contributed by atoms with Gasteiger partial charge in [-0.2, -0.15) is 0 Å². The average molecular weight is 381 g/mol. The number of pyridine rings is 1. The normalized spacial score (nSPS) is 11.5. The predicted molar refractivity (Wildman–Crippen MR) is 107 cm³/mol. The highest BCUT2D eigenvalue weighted by Crippen LogP contribution is 2.23. The van der Waals surface area contributed by atoms with E-state index in [1.807, 2.05) is 13.0 Å². The number of amides is 3. The summed E-state index contributed by atoms with van der Waals surface area (Å²) in [7, 11) is 0. The van der Waals surface area contributed by atoms with Crippen LogP contribution in [0.2, 0.25) is 0 Å². The van der Waals surface area contributed by atoms with Gasteiger partial charge in [-0.3, -0.25) is 20.4 Å². The SMILES string of the molecule is C=C/C(=C\C)c1cc(Oc2cnc(NC(=O)NC(=O)C(C)(C)C)nc2)ccn1. The number of nitrogens with zero attached hydrogens (tertiary/aromatic N) is 3. The highest BCUT2D eigenvalue weighted by molar-refractivity contribution is 6.02. The predicted octanol–water partition coefficient (Wildman–Crippen LogP) is 3.95. The molecule has 8 heteroatoms. The molecule has 0 aliphatic carbocycles. The summed E-state index contributed by atoms with van der Waals surface area (Å²) in [5.41, 5.74) is 0.934. The third kappa shape index (κ3) is 5.73. The maximum absolute atomic E-state index is 11.8. The molecule has 0 radical (unpaired) electrons. The first-order valence-corrected chi connectivity index (χ1v) is 8.60. The molecule has 0 aliphatic heterocycles. The van der Waals surface area contributed by atoms with Crippen molar-refractivity contribution >= 4 is 23.5 Å². The smallest absolute Gasteiger partial charge is 0.328 e. The largest absolute Gasteiger partial charge is 0.454 e. The van der Waals surface area contributed by atoms with E-state index in [-0.39, 0.29) is 5.95 Å². The van der Waals surface area contributed by atoms with Gasteiger partial charge in [0.05, 0.1) is 18.1 Å². The van der Waals surface area contributed by atoms with Gasteiger partial charge in [-0.1, -0.05) is 39.5 Å². The zero-order chi connectivity index (χ0) is 20.7. The molecule has 2 N–H and O–H groups in total. The summed E-state index contributed by atoms with van der Waals surface area (Å²) in [6.07, 6.45) is 8.07. The van der Waals surface area contributed by atoms with E-state index >= 15 is 0 Å². The summed E-state index contributed by atoms with van der Waals surface area (Å²) in [6.45, 7) is 10.8. The van der Waals surface area contributed by atoms with Gasteiger partial charge in [0.25, 0.3) is 0 Å². The van der Waals surface area contributed by atoms with Crippen LogP contribution in [0.5, 0.6) is 11.5 Å². The number of ether oxygens (including phenoxy) is 1. The molecule has 0 aliphatic rings. The number of anilines is 1. The van der Waals surface area contributed by atoms with Crippen molar-refractivity contribution < 1.29 is 14.3 Å². The lowest BCUT2D eigenvalue weighted by atomic mass is 9.96. The van der Waals surface area contributed by atoms with Crippen LogP contribution in [0.3, 0.4) is 0 Å². The first-order chi connectivity index (χ1) is 13.2. The zero-order valence-electron chi connectivity index (χ0n) is 16.3. The standard InChI is InChI=1S/C20H23N5O3/c1-6-13(7-2)16-10-14(8-9-21-16)28-15-11-22-18(23-12-15)25-19(27)24-17(26)20(3,4)5/h6-12H,1H2,2-5H3,(H2,22,23,24,25,26,27)/b13-7+. The number of aromatic nitrogens is 3. The number of nitrogens with one attached hydrogen (secondary N) is 2. The molecule has 0 atom stereocenters. The minimum Gasteiger partial charge on any atom is -0.454 e. The molecule has 0 saturated heterocycles. The third-order valence-electron chi connectivity index (χ3n) is 3.56. The Labute approximate surface area is 163 Å². The Morgan fingerprint density at radius 3 is 2.39 bits per heavy atom. The van der Waals surface area contributed by atoms with Gasteiger partial charge in [-0.15, -0.1) is 0 Å². The molecule has 2 rings (SSSR count). The van der Waals surface area contributed by atoms with Crippen LogP contribution in [0.4, 0.5) is 10.7 Å². The van der Waals surface area contributed by atoms with Gasteiger partial charge in [-0.05, 0) is 18.6 Å². The van der Waals surface area contributed by atoms with Crippen LogP contribution in [0.1, 0.15) is 33.4 Å². The van der Waals surface area contributed by atoms with Crippen LogP contribution in [-0.4, -0.2) is 26.9 Å². The molecular formula is C20H23N5O3. The van der Waals surface area contributed by atoms with Gasteiger partial charge in [0.15, 0.2) is 5.75 Å². The van der Waals surface area contributed by atoms with E-state index in [0.717, 1.165) is 11.3 Å². The van der Waals surface area contributed by atoms with Crippen molar-refractivity contribution in [2.45, 2.75) is 27.7 Å². The number of carbonyl (C=O) groups is 2. The van der Waals surface area contributed by atoms with Crippen molar-refractivity contribution in [3.63, 3.8) is 0 Å². The molecule has 0 saturated carbocycles. The Hall–Kier alpha value is -3.55. The van der Waals surface area contributed by atoms with E-state index in [9.17, 15) is 9.59 Å². The summed E-state index contributed by atoms with van der Waals surface area (Å²) in [5, 5.41) is 4.63. The Bertz CT molecular complexity index is 899. The second-order valence-electron chi connectivity index (χ2n) is 6.83. The summed E-state index contributed by atoms with van der Waals surface area (Å²) in [5.74, 6) is 0.585. The molecule has 2 aromatic heterocycles. The highest BCUT2D eigenvalue weighted by atomic mass is 16.5. The lowest BCUT2D eigenvalue weighted by Gasteiger charge is -2.16. The van der Waals surface area contributed by atoms with Gasteiger partial charge in [0.2, 0.25) is 11.9 Å². The summed E-state index contributed by atoms with van der Waals surface area (Å²) in [6, 6.07) is 2.78. The minimum absolute atomic E-state index is 0.0461. The van der Waals surface area contributed by atoms with Crippen molar-refractivity contribution in [2.75, 3.05) is 5.32 Å². The lowest BCUT2D eigenvalue weighted by Crippen LogP contribution is -2.41. The molecule has 0 bridgehead atoms. The van der Waals surface area contributed by atoms with Crippen molar-refractivity contribution in [3.8, 4) is 11.5 Å². The molecule has 0 fully saturated rings. The molecule has 146 valence electrons. The Kier molecular flexibility index (Phi) is 6.59. The number of rotatable bonds is 5. The molecule has 3 amide bonds. The monoisotopic (exact) mass is 381 g/mol. The quantitative estimate of drug-likeness (QED) is 0.760. The van der Waals surface area contributed by atoms with Gasteiger partial charge >= 0.3 is 6.03 Å². The van der Waals surface area contributed by atoms with E-state index in [4.69, 9.17) is 4.74 Å². The molecule has 0 spiro atoms. The molecule has 8 nitrogen and oxygen atoms in total. The summed E-state index contributed by atoms with van der Waals surface area (Å²) < 4.78 is 5.72. The number of carbonyl (C=O) groups excluding carboxylic acids is 2. The van der Waals surface area contributed by atoms with Crippen LogP contribution >= 0.6 is 0 Å². The van der Waals surface area contributed by atoms with Gasteiger partial charge in [0.1, 0.15) is 5.75 Å². The van der Waals surface area contributed by atoms with Crippen LogP contribution in [0, 0.1) is 5.41 Å². The van der Waals surface area contributed by atoms with Gasteiger partial charge in [0, 0.05) is 17.7 Å². The molecule has 2 aromatic rings. The van der Waals surface area contributed by atoms with Gasteiger partial charge < -0.3 is 4.74 Å². The number of hydrogen-bond acceptors (Lipinski definition) is 6. The number of urea groups is 1. The van der Waals surface area contributed by atoms with Crippen LogP contribution in [0.15, 0.2) is 49.5 Å². The van der Waals surface area contributed by atoms with Crippen LogP contribution in [-0.2, 0) is 4.79 Å². The first-order valence-electron chi connectivity index (χ1n) is 8.60. The third-order valence-corrected chi connectivity index (χ3v) is 3.56. The highest BCUT2D eigenvalue weighted by Gasteiger charge is 2.23. The van der Waals surface area contributed by atoms with Crippen molar-refractivity contribution in [2.24, 2.45) is 5.41 Å². The van der Waals surface area contributed by atoms with E-state index in [2.05, 4.69) is 32.2 Å². The fraction of sp³-hybridized carbons (Fsp3) is 0.250. The maximum atomic E-state index is 11.8. The average Bonchev–Trinajstić information content (AvgIpc) is 2.64. The van der Waals surface area contributed by atoms with E-state index in [0.29, 0.717) is 11.5 Å². The number of imide groups is 1. The van der Waals surface area contributed by atoms with E-state index < -0.39 is 17.4 Å². The fourth-order valence-corrected chi connectivity index (χ4v) is 2.00. The second-order valence-corrected chi connectivity index (χ2v) is 6.83. The molecule has 28 heavy (non-hydrogen) atoms. The van der Waals surface area contributed by atoms with Gasteiger partial charge in [-0.25, -0.2) is 14.8 Å². The molecular weight excluding hydrogens is 358 g/mol. The molecule has 2 heterocycles. The second kappa shape index (κ2) is 8.90.